The monoisotopic (exact) mass is 194 g/mol. The average Bonchev–Trinajstić information content (AvgIpc) is 2.26. The number of hydrogen-bond acceptors (Lipinski definition) is 3. The molecule has 0 heterocycles. The molecule has 14 heavy (non-hydrogen) atoms. The topological polar surface area (TPSA) is 47.3 Å². The van der Waals surface area contributed by atoms with Crippen LogP contribution >= 0.6 is 0 Å². The van der Waals surface area contributed by atoms with Gasteiger partial charge in [-0.3, -0.25) is 11.3 Å². The minimum atomic E-state index is 0.191. The van der Waals surface area contributed by atoms with E-state index >= 15 is 0 Å². The van der Waals surface area contributed by atoms with E-state index in [-0.39, 0.29) is 6.04 Å². The van der Waals surface area contributed by atoms with Crippen molar-refractivity contribution in [2.45, 2.75) is 26.5 Å². The van der Waals surface area contributed by atoms with Gasteiger partial charge >= 0.3 is 0 Å². The maximum Gasteiger partial charge on any atom is 0.0716 e. The van der Waals surface area contributed by atoms with Crippen molar-refractivity contribution in [2.75, 3.05) is 6.61 Å². The minimum Gasteiger partial charge on any atom is -0.377 e. The fourth-order valence-corrected chi connectivity index (χ4v) is 1.22. The number of benzene rings is 1. The number of ether oxygens (including phenoxy) is 1. The van der Waals surface area contributed by atoms with Crippen LogP contribution in [0.2, 0.25) is 0 Å². The van der Waals surface area contributed by atoms with E-state index in [1.807, 2.05) is 13.8 Å². The van der Waals surface area contributed by atoms with Crippen LogP contribution in [0.4, 0.5) is 0 Å². The highest BCUT2D eigenvalue weighted by Crippen LogP contribution is 2.12. The quantitative estimate of drug-likeness (QED) is 0.554. The lowest BCUT2D eigenvalue weighted by Gasteiger charge is -2.10. The Hall–Kier alpha value is -0.900. The molecule has 0 aliphatic carbocycles. The molecule has 3 nitrogen and oxygen atoms in total. The van der Waals surface area contributed by atoms with E-state index in [0.717, 1.165) is 6.61 Å². The largest absolute Gasteiger partial charge is 0.377 e. The Bertz CT molecular complexity index is 258. The van der Waals surface area contributed by atoms with Crippen LogP contribution in [0.1, 0.15) is 31.0 Å². The highest BCUT2D eigenvalue weighted by Gasteiger charge is 2.01. The van der Waals surface area contributed by atoms with Crippen LogP contribution in [0, 0.1) is 0 Å². The van der Waals surface area contributed by atoms with Gasteiger partial charge in [0.25, 0.3) is 0 Å². The van der Waals surface area contributed by atoms with Crippen molar-refractivity contribution in [3.63, 3.8) is 0 Å². The van der Waals surface area contributed by atoms with E-state index in [0.29, 0.717) is 6.61 Å². The highest BCUT2D eigenvalue weighted by atomic mass is 16.5. The van der Waals surface area contributed by atoms with Gasteiger partial charge in [0.15, 0.2) is 0 Å². The first-order chi connectivity index (χ1) is 6.77. The molecule has 1 rings (SSSR count). The molecule has 0 bridgehead atoms. The van der Waals surface area contributed by atoms with Gasteiger partial charge in [0, 0.05) is 12.6 Å². The van der Waals surface area contributed by atoms with Crippen LogP contribution in [-0.2, 0) is 11.3 Å². The number of hydrogen-bond donors (Lipinski definition) is 2. The van der Waals surface area contributed by atoms with E-state index in [4.69, 9.17) is 10.6 Å². The standard InChI is InChI=1S/C11H18N2O/c1-3-14-8-10-4-6-11(7-5-10)9(2)13-12/h4-7,9,13H,3,8,12H2,1-2H3/t9-/m0/s1. The first kappa shape index (κ1) is 11.2. The van der Waals surface area contributed by atoms with Gasteiger partial charge in [-0.1, -0.05) is 24.3 Å². The van der Waals surface area contributed by atoms with Crippen LogP contribution in [0.15, 0.2) is 24.3 Å². The molecule has 0 spiro atoms. The summed E-state index contributed by atoms with van der Waals surface area (Å²) in [6.45, 7) is 5.45. The maximum atomic E-state index is 5.35. The number of nitrogens with one attached hydrogen (secondary N) is 1. The zero-order chi connectivity index (χ0) is 10.4. The van der Waals surface area contributed by atoms with Gasteiger partial charge in [-0.15, -0.1) is 0 Å². The third-order valence-corrected chi connectivity index (χ3v) is 2.20. The molecule has 0 aliphatic rings. The van der Waals surface area contributed by atoms with Crippen molar-refractivity contribution in [3.05, 3.63) is 35.4 Å². The second-order valence-corrected chi connectivity index (χ2v) is 3.27. The van der Waals surface area contributed by atoms with Crippen molar-refractivity contribution in [1.82, 2.24) is 5.43 Å². The average molecular weight is 194 g/mol. The number of rotatable bonds is 5. The summed E-state index contributed by atoms with van der Waals surface area (Å²) < 4.78 is 5.31. The third kappa shape index (κ3) is 3.10. The Kier molecular flexibility index (Phi) is 4.59. The van der Waals surface area contributed by atoms with Crippen LogP contribution in [0.3, 0.4) is 0 Å². The lowest BCUT2D eigenvalue weighted by Crippen LogP contribution is -2.25. The van der Waals surface area contributed by atoms with Gasteiger partial charge in [0.05, 0.1) is 6.61 Å². The summed E-state index contributed by atoms with van der Waals surface area (Å²) in [5.41, 5.74) is 5.09. The molecule has 0 aliphatic heterocycles. The molecule has 0 fully saturated rings. The van der Waals surface area contributed by atoms with Crippen molar-refractivity contribution >= 4 is 0 Å². The number of nitrogens with two attached hydrogens (primary N) is 1. The summed E-state index contributed by atoms with van der Waals surface area (Å²) in [6, 6.07) is 8.46. The fourth-order valence-electron chi connectivity index (χ4n) is 1.22. The van der Waals surface area contributed by atoms with Crippen LogP contribution < -0.4 is 11.3 Å². The Labute approximate surface area is 85.2 Å². The molecule has 0 radical (unpaired) electrons. The minimum absolute atomic E-state index is 0.191. The summed E-state index contributed by atoms with van der Waals surface area (Å²) in [5.74, 6) is 5.35. The van der Waals surface area contributed by atoms with Crippen molar-refractivity contribution < 1.29 is 4.74 Å². The molecule has 3 N–H and O–H groups in total. The second-order valence-electron chi connectivity index (χ2n) is 3.27. The Balaban J connectivity index is 2.59. The summed E-state index contributed by atoms with van der Waals surface area (Å²) in [4.78, 5) is 0. The third-order valence-electron chi connectivity index (χ3n) is 2.20. The maximum absolute atomic E-state index is 5.35. The smallest absolute Gasteiger partial charge is 0.0716 e. The molecule has 3 heteroatoms. The van der Waals surface area contributed by atoms with Gasteiger partial charge in [0.2, 0.25) is 0 Å². The van der Waals surface area contributed by atoms with Crippen LogP contribution in [0.5, 0.6) is 0 Å². The van der Waals surface area contributed by atoms with Gasteiger partial charge < -0.3 is 4.74 Å². The van der Waals surface area contributed by atoms with E-state index in [1.54, 1.807) is 0 Å². The predicted octanol–water partition coefficient (Wildman–Crippen LogP) is 1.75. The molecule has 1 aromatic rings. The van der Waals surface area contributed by atoms with E-state index in [2.05, 4.69) is 29.7 Å². The fraction of sp³-hybridized carbons (Fsp3) is 0.455. The van der Waals surface area contributed by atoms with Crippen molar-refractivity contribution in [2.24, 2.45) is 5.84 Å². The van der Waals surface area contributed by atoms with E-state index in [9.17, 15) is 0 Å². The molecule has 0 unspecified atom stereocenters. The molecular formula is C11H18N2O. The molecule has 0 aromatic heterocycles. The molecule has 0 amide bonds. The summed E-state index contributed by atoms with van der Waals surface area (Å²) >= 11 is 0. The zero-order valence-electron chi connectivity index (χ0n) is 8.79. The summed E-state index contributed by atoms with van der Waals surface area (Å²) in [5, 5.41) is 0. The molecule has 0 saturated carbocycles. The molecular weight excluding hydrogens is 176 g/mol. The van der Waals surface area contributed by atoms with Crippen molar-refractivity contribution in [3.8, 4) is 0 Å². The van der Waals surface area contributed by atoms with Gasteiger partial charge in [-0.2, -0.15) is 0 Å². The zero-order valence-corrected chi connectivity index (χ0v) is 8.79. The molecule has 78 valence electrons. The second kappa shape index (κ2) is 5.75. The summed E-state index contributed by atoms with van der Waals surface area (Å²) in [7, 11) is 0. The Morgan fingerprint density at radius 1 is 1.36 bits per heavy atom. The van der Waals surface area contributed by atoms with Gasteiger partial charge in [-0.25, -0.2) is 0 Å². The van der Waals surface area contributed by atoms with Crippen LogP contribution in [0.25, 0.3) is 0 Å². The molecule has 0 saturated heterocycles. The van der Waals surface area contributed by atoms with Gasteiger partial charge in [0.1, 0.15) is 0 Å². The Morgan fingerprint density at radius 3 is 2.50 bits per heavy atom. The SMILES string of the molecule is CCOCc1ccc([C@H](C)NN)cc1. The first-order valence-corrected chi connectivity index (χ1v) is 4.90. The van der Waals surface area contributed by atoms with Gasteiger partial charge in [-0.05, 0) is 25.0 Å². The molecule has 1 atom stereocenters. The van der Waals surface area contributed by atoms with Crippen molar-refractivity contribution in [1.29, 1.82) is 0 Å². The normalized spacial score (nSPS) is 12.8. The summed E-state index contributed by atoms with van der Waals surface area (Å²) in [6.07, 6.45) is 0. The first-order valence-electron chi connectivity index (χ1n) is 4.90. The predicted molar refractivity (Wildman–Crippen MR) is 57.5 cm³/mol. The lowest BCUT2D eigenvalue weighted by atomic mass is 10.1. The van der Waals surface area contributed by atoms with E-state index < -0.39 is 0 Å². The highest BCUT2D eigenvalue weighted by molar-refractivity contribution is 5.24. The molecule has 1 aromatic carbocycles. The Morgan fingerprint density at radius 2 is 2.00 bits per heavy atom. The van der Waals surface area contributed by atoms with Crippen LogP contribution in [-0.4, -0.2) is 6.61 Å². The van der Waals surface area contributed by atoms with E-state index in [1.165, 1.54) is 11.1 Å². The number of hydrazine groups is 1. The lowest BCUT2D eigenvalue weighted by molar-refractivity contribution is 0.134.